The Labute approximate surface area is 152 Å². The van der Waals surface area contributed by atoms with Crippen molar-refractivity contribution in [3.63, 3.8) is 0 Å². The second-order valence-corrected chi connectivity index (χ2v) is 7.37. The summed E-state index contributed by atoms with van der Waals surface area (Å²) in [4.78, 5) is 26.7. The molecule has 0 aliphatic heterocycles. The molecular formula is C21H32N2O2. The summed E-state index contributed by atoms with van der Waals surface area (Å²) in [6.45, 7) is 5.62. The highest BCUT2D eigenvalue weighted by Gasteiger charge is 2.31. The average Bonchev–Trinajstić information content (AvgIpc) is 2.63. The molecule has 0 spiro atoms. The zero-order valence-corrected chi connectivity index (χ0v) is 15.9. The summed E-state index contributed by atoms with van der Waals surface area (Å²) in [7, 11) is 1.90. The maximum atomic E-state index is 12.4. The fraction of sp³-hybridized carbons (Fsp3) is 0.619. The van der Waals surface area contributed by atoms with E-state index >= 15 is 0 Å². The molecule has 1 saturated carbocycles. The topological polar surface area (TPSA) is 49.4 Å². The number of amides is 2. The van der Waals surface area contributed by atoms with Crippen molar-refractivity contribution >= 4 is 11.8 Å². The van der Waals surface area contributed by atoms with Crippen molar-refractivity contribution in [3.8, 4) is 0 Å². The van der Waals surface area contributed by atoms with Gasteiger partial charge in [0.25, 0.3) is 0 Å². The summed E-state index contributed by atoms with van der Waals surface area (Å²) in [5.74, 6) is 0.538. The van der Waals surface area contributed by atoms with E-state index in [9.17, 15) is 9.59 Å². The van der Waals surface area contributed by atoms with Gasteiger partial charge in [-0.05, 0) is 44.6 Å². The predicted octanol–water partition coefficient (Wildman–Crippen LogP) is 3.68. The van der Waals surface area contributed by atoms with Crippen LogP contribution in [0.5, 0.6) is 0 Å². The molecule has 1 aromatic carbocycles. The van der Waals surface area contributed by atoms with Gasteiger partial charge in [0.05, 0.1) is 0 Å². The molecule has 1 N–H and O–H groups in total. The minimum Gasteiger partial charge on any atom is -0.352 e. The number of hydrogen-bond donors (Lipinski definition) is 1. The van der Waals surface area contributed by atoms with E-state index < -0.39 is 0 Å². The van der Waals surface area contributed by atoms with E-state index in [2.05, 4.69) is 31.3 Å². The Balaban J connectivity index is 1.75. The van der Waals surface area contributed by atoms with Gasteiger partial charge in [-0.1, -0.05) is 43.2 Å². The number of hydrogen-bond acceptors (Lipinski definition) is 2. The van der Waals surface area contributed by atoms with Crippen LogP contribution in [0.25, 0.3) is 0 Å². The van der Waals surface area contributed by atoms with E-state index in [1.54, 1.807) is 0 Å². The highest BCUT2D eigenvalue weighted by molar-refractivity contribution is 5.81. The van der Waals surface area contributed by atoms with Crippen LogP contribution in [0, 0.1) is 18.8 Å². The summed E-state index contributed by atoms with van der Waals surface area (Å²) in [5, 5.41) is 3.06. The number of nitrogens with zero attached hydrogens (tertiary/aromatic N) is 1. The van der Waals surface area contributed by atoms with Gasteiger partial charge in [0.1, 0.15) is 0 Å². The molecule has 0 radical (unpaired) electrons. The molecule has 2 rings (SSSR count). The molecule has 0 saturated heterocycles. The van der Waals surface area contributed by atoms with E-state index in [1.165, 1.54) is 5.56 Å². The molecule has 1 aliphatic carbocycles. The van der Waals surface area contributed by atoms with Crippen LogP contribution in [0.3, 0.4) is 0 Å². The van der Waals surface area contributed by atoms with E-state index in [0.29, 0.717) is 6.54 Å². The van der Waals surface area contributed by atoms with Gasteiger partial charge in [-0.3, -0.25) is 9.59 Å². The second kappa shape index (κ2) is 9.59. The Morgan fingerprint density at radius 1 is 1.16 bits per heavy atom. The Bertz CT molecular complexity index is 577. The highest BCUT2D eigenvalue weighted by atomic mass is 16.2. The van der Waals surface area contributed by atoms with Gasteiger partial charge < -0.3 is 10.2 Å². The van der Waals surface area contributed by atoms with Gasteiger partial charge in [-0.25, -0.2) is 0 Å². The summed E-state index contributed by atoms with van der Waals surface area (Å²) in [5.41, 5.74) is 2.34. The minimum atomic E-state index is 0.0507. The van der Waals surface area contributed by atoms with Crippen molar-refractivity contribution in [2.45, 2.75) is 58.9 Å². The fourth-order valence-corrected chi connectivity index (χ4v) is 3.58. The maximum absolute atomic E-state index is 12.4. The Morgan fingerprint density at radius 2 is 1.84 bits per heavy atom. The summed E-state index contributed by atoms with van der Waals surface area (Å²) in [6.07, 6.45) is 5.45. The quantitative estimate of drug-likeness (QED) is 0.820. The zero-order valence-electron chi connectivity index (χ0n) is 15.9. The molecule has 0 heterocycles. The number of carbonyl (C=O) groups is 2. The first-order chi connectivity index (χ1) is 12.0. The van der Waals surface area contributed by atoms with Gasteiger partial charge in [0.2, 0.25) is 11.8 Å². The molecule has 4 heteroatoms. The number of unbranched alkanes of at least 4 members (excludes halogenated alkanes) is 1. The van der Waals surface area contributed by atoms with Crippen molar-refractivity contribution in [1.29, 1.82) is 0 Å². The Morgan fingerprint density at radius 3 is 2.48 bits per heavy atom. The molecule has 0 atom stereocenters. The molecular weight excluding hydrogens is 312 g/mol. The lowest BCUT2D eigenvalue weighted by molar-refractivity contribution is -0.137. The Hall–Kier alpha value is -1.84. The number of benzene rings is 1. The molecule has 1 aromatic rings. The van der Waals surface area contributed by atoms with Crippen molar-refractivity contribution in [3.05, 3.63) is 35.4 Å². The number of nitrogens with one attached hydrogen (secondary N) is 1. The lowest BCUT2D eigenvalue weighted by atomic mass is 9.81. The van der Waals surface area contributed by atoms with Crippen LogP contribution < -0.4 is 5.32 Å². The molecule has 4 nitrogen and oxygen atoms in total. The lowest BCUT2D eigenvalue weighted by Crippen LogP contribution is -2.38. The van der Waals surface area contributed by atoms with Gasteiger partial charge >= 0.3 is 0 Å². The van der Waals surface area contributed by atoms with Crippen molar-refractivity contribution in [2.75, 3.05) is 13.6 Å². The van der Waals surface area contributed by atoms with Gasteiger partial charge in [0, 0.05) is 32.0 Å². The molecule has 2 amide bonds. The summed E-state index contributed by atoms with van der Waals surface area (Å²) in [6, 6.07) is 8.21. The first-order valence-electron chi connectivity index (χ1n) is 9.59. The van der Waals surface area contributed by atoms with E-state index in [0.717, 1.165) is 50.6 Å². The molecule has 0 bridgehead atoms. The molecule has 1 fully saturated rings. The first-order valence-corrected chi connectivity index (χ1v) is 9.59. The summed E-state index contributed by atoms with van der Waals surface area (Å²) >= 11 is 0. The van der Waals surface area contributed by atoms with Gasteiger partial charge in [-0.2, -0.15) is 0 Å². The number of carbonyl (C=O) groups excluding carboxylic acids is 2. The number of rotatable bonds is 7. The predicted molar refractivity (Wildman–Crippen MR) is 101 cm³/mol. The van der Waals surface area contributed by atoms with Crippen LogP contribution >= 0.6 is 0 Å². The van der Waals surface area contributed by atoms with Crippen LogP contribution in [0.1, 0.15) is 56.6 Å². The van der Waals surface area contributed by atoms with Crippen LogP contribution in [0.15, 0.2) is 24.3 Å². The number of aryl methyl sites for hydroxylation is 1. The first kappa shape index (κ1) is 19.5. The maximum Gasteiger partial charge on any atom is 0.225 e. The van der Waals surface area contributed by atoms with E-state index in [4.69, 9.17) is 0 Å². The van der Waals surface area contributed by atoms with Crippen LogP contribution in [-0.2, 0) is 16.1 Å². The minimum absolute atomic E-state index is 0.0507. The third-order valence-electron chi connectivity index (χ3n) is 5.22. The lowest BCUT2D eigenvalue weighted by Gasteiger charge is -2.30. The molecule has 0 aromatic heterocycles. The molecule has 138 valence electrons. The van der Waals surface area contributed by atoms with Crippen LogP contribution in [0.2, 0.25) is 0 Å². The van der Waals surface area contributed by atoms with Gasteiger partial charge in [-0.15, -0.1) is 0 Å². The SMILES string of the molecule is CCCCN(C)C(=O)C1CCC(C(=O)NCc2cccc(C)c2)CC1. The normalized spacial score (nSPS) is 20.1. The van der Waals surface area contributed by atoms with E-state index in [1.807, 2.05) is 24.1 Å². The zero-order chi connectivity index (χ0) is 18.2. The largest absolute Gasteiger partial charge is 0.352 e. The van der Waals surface area contributed by atoms with Crippen LogP contribution in [0.4, 0.5) is 0 Å². The third kappa shape index (κ3) is 5.87. The second-order valence-electron chi connectivity index (χ2n) is 7.37. The van der Waals surface area contributed by atoms with Crippen molar-refractivity contribution < 1.29 is 9.59 Å². The van der Waals surface area contributed by atoms with Crippen molar-refractivity contribution in [2.24, 2.45) is 11.8 Å². The molecule has 0 unspecified atom stereocenters. The smallest absolute Gasteiger partial charge is 0.225 e. The summed E-state index contributed by atoms with van der Waals surface area (Å²) < 4.78 is 0. The van der Waals surface area contributed by atoms with Gasteiger partial charge in [0.15, 0.2) is 0 Å². The monoisotopic (exact) mass is 344 g/mol. The van der Waals surface area contributed by atoms with E-state index in [-0.39, 0.29) is 23.7 Å². The molecule has 1 aliphatic rings. The fourth-order valence-electron chi connectivity index (χ4n) is 3.58. The average molecular weight is 344 g/mol. The Kier molecular flexibility index (Phi) is 7.48. The molecule has 25 heavy (non-hydrogen) atoms. The standard InChI is InChI=1S/C21H32N2O2/c1-4-5-13-23(3)21(25)19-11-9-18(10-12-19)20(24)22-15-17-8-6-7-16(2)14-17/h6-8,14,18-19H,4-5,9-13,15H2,1-3H3,(H,22,24). The van der Waals surface area contributed by atoms with Crippen molar-refractivity contribution in [1.82, 2.24) is 10.2 Å². The third-order valence-corrected chi connectivity index (χ3v) is 5.22. The van der Waals surface area contributed by atoms with Crippen LogP contribution in [-0.4, -0.2) is 30.3 Å². The highest BCUT2D eigenvalue weighted by Crippen LogP contribution is 2.30.